The summed E-state index contributed by atoms with van der Waals surface area (Å²) in [6.45, 7) is 4.49. The van der Waals surface area contributed by atoms with Crippen LogP contribution in [0.15, 0.2) is 12.3 Å². The van der Waals surface area contributed by atoms with Crippen LogP contribution >= 0.6 is 0 Å². The smallest absolute Gasteiger partial charge is 0.309 e. The lowest BCUT2D eigenvalue weighted by Crippen LogP contribution is -2.37. The van der Waals surface area contributed by atoms with Crippen LogP contribution in [-0.4, -0.2) is 20.9 Å². The van der Waals surface area contributed by atoms with Crippen molar-refractivity contribution in [3.8, 4) is 0 Å². The zero-order valence-electron chi connectivity index (χ0n) is 12.8. The number of carboxylic acid groups (broad SMARTS) is 1. The zero-order chi connectivity index (χ0) is 14.8. The van der Waals surface area contributed by atoms with Crippen LogP contribution in [0.5, 0.6) is 0 Å². The molecule has 0 amide bonds. The van der Waals surface area contributed by atoms with E-state index in [0.29, 0.717) is 11.8 Å². The lowest BCUT2D eigenvalue weighted by molar-refractivity contribution is -0.152. The van der Waals surface area contributed by atoms with Crippen LogP contribution in [-0.2, 0) is 18.3 Å². The van der Waals surface area contributed by atoms with Gasteiger partial charge in [0.2, 0.25) is 0 Å². The quantitative estimate of drug-likeness (QED) is 0.899. The van der Waals surface area contributed by atoms with Gasteiger partial charge in [-0.05, 0) is 56.4 Å². The van der Waals surface area contributed by atoms with Crippen molar-refractivity contribution in [1.29, 1.82) is 0 Å². The van der Waals surface area contributed by atoms with Crippen molar-refractivity contribution in [1.82, 2.24) is 9.78 Å². The number of rotatable bonds is 5. The van der Waals surface area contributed by atoms with Crippen molar-refractivity contribution in [2.45, 2.75) is 52.4 Å². The molecular formula is C16H26N2O2. The van der Waals surface area contributed by atoms with Crippen LogP contribution in [0, 0.1) is 17.3 Å². The highest BCUT2D eigenvalue weighted by atomic mass is 16.4. The lowest BCUT2D eigenvalue weighted by atomic mass is 9.66. The Hall–Kier alpha value is -1.32. The van der Waals surface area contributed by atoms with Gasteiger partial charge in [0.15, 0.2) is 0 Å². The van der Waals surface area contributed by atoms with E-state index in [-0.39, 0.29) is 0 Å². The molecule has 0 saturated heterocycles. The van der Waals surface area contributed by atoms with Crippen LogP contribution < -0.4 is 0 Å². The number of aliphatic carboxylic acids is 1. The molecule has 0 radical (unpaired) electrons. The van der Waals surface area contributed by atoms with Crippen molar-refractivity contribution in [2.75, 3.05) is 0 Å². The topological polar surface area (TPSA) is 55.1 Å². The zero-order valence-corrected chi connectivity index (χ0v) is 12.8. The molecule has 1 N–H and O–H groups in total. The van der Waals surface area contributed by atoms with Crippen molar-refractivity contribution in [2.24, 2.45) is 24.3 Å². The minimum absolute atomic E-state index is 0.518. The minimum atomic E-state index is -0.609. The van der Waals surface area contributed by atoms with E-state index in [2.05, 4.69) is 18.9 Å². The summed E-state index contributed by atoms with van der Waals surface area (Å²) in [5.74, 6) is 0.750. The van der Waals surface area contributed by atoms with E-state index in [0.717, 1.165) is 44.2 Å². The number of hydrogen-bond donors (Lipinski definition) is 1. The highest BCUT2D eigenvalue weighted by molar-refractivity contribution is 5.74. The molecule has 2 rings (SSSR count). The highest BCUT2D eigenvalue weighted by Crippen LogP contribution is 2.44. The fourth-order valence-corrected chi connectivity index (χ4v) is 3.44. The van der Waals surface area contributed by atoms with Gasteiger partial charge < -0.3 is 5.11 Å². The summed E-state index contributed by atoms with van der Waals surface area (Å²) in [6, 6.07) is 1.98. The molecule has 112 valence electrons. The largest absolute Gasteiger partial charge is 0.481 e. The Labute approximate surface area is 121 Å². The van der Waals surface area contributed by atoms with Crippen LogP contribution in [0.25, 0.3) is 0 Å². The van der Waals surface area contributed by atoms with Gasteiger partial charge in [0.25, 0.3) is 0 Å². The van der Waals surface area contributed by atoms with E-state index in [9.17, 15) is 9.90 Å². The first-order chi connectivity index (χ1) is 9.44. The molecule has 0 unspecified atom stereocenters. The van der Waals surface area contributed by atoms with E-state index in [1.54, 1.807) is 6.20 Å². The number of carbonyl (C=O) groups is 1. The van der Waals surface area contributed by atoms with Crippen LogP contribution in [0.1, 0.15) is 51.6 Å². The first-order valence-electron chi connectivity index (χ1n) is 7.65. The van der Waals surface area contributed by atoms with E-state index in [1.165, 1.54) is 0 Å². The molecule has 20 heavy (non-hydrogen) atoms. The average Bonchev–Trinajstić information content (AvgIpc) is 2.82. The maximum Gasteiger partial charge on any atom is 0.309 e. The third-order valence-electron chi connectivity index (χ3n) is 5.17. The molecule has 4 heteroatoms. The second-order valence-corrected chi connectivity index (χ2v) is 6.61. The second-order valence-electron chi connectivity index (χ2n) is 6.61. The molecule has 4 nitrogen and oxygen atoms in total. The molecule has 1 aromatic heterocycles. The highest BCUT2D eigenvalue weighted by Gasteiger charge is 2.42. The van der Waals surface area contributed by atoms with Gasteiger partial charge in [-0.15, -0.1) is 0 Å². The molecule has 1 fully saturated rings. The SMILES string of the molecule is CC(C)C1CCC(CCc2ccnn2C)(C(=O)O)CC1. The molecule has 0 spiro atoms. The van der Waals surface area contributed by atoms with E-state index in [1.807, 2.05) is 17.8 Å². The summed E-state index contributed by atoms with van der Waals surface area (Å²) in [5, 5.41) is 13.8. The van der Waals surface area contributed by atoms with Gasteiger partial charge >= 0.3 is 5.97 Å². The van der Waals surface area contributed by atoms with Crippen LogP contribution in [0.2, 0.25) is 0 Å². The number of aryl methyl sites for hydroxylation is 2. The first-order valence-corrected chi connectivity index (χ1v) is 7.65. The molecule has 1 saturated carbocycles. The average molecular weight is 278 g/mol. The molecule has 0 aliphatic heterocycles. The summed E-state index contributed by atoms with van der Waals surface area (Å²) in [7, 11) is 1.92. The predicted molar refractivity (Wildman–Crippen MR) is 78.4 cm³/mol. The number of hydrogen-bond acceptors (Lipinski definition) is 2. The van der Waals surface area contributed by atoms with Gasteiger partial charge in [-0.2, -0.15) is 5.10 Å². The maximum atomic E-state index is 11.8. The molecule has 1 heterocycles. The molecular weight excluding hydrogens is 252 g/mol. The Morgan fingerprint density at radius 3 is 2.60 bits per heavy atom. The number of carboxylic acids is 1. The second kappa shape index (κ2) is 5.98. The molecule has 1 aliphatic carbocycles. The monoisotopic (exact) mass is 278 g/mol. The number of nitrogens with zero attached hydrogens (tertiary/aromatic N) is 2. The van der Waals surface area contributed by atoms with Crippen molar-refractivity contribution in [3.05, 3.63) is 18.0 Å². The predicted octanol–water partition coefficient (Wildman–Crippen LogP) is 3.27. The summed E-state index contributed by atoms with van der Waals surface area (Å²) < 4.78 is 1.84. The third-order valence-corrected chi connectivity index (χ3v) is 5.17. The van der Waals surface area contributed by atoms with Gasteiger partial charge in [0.05, 0.1) is 5.41 Å². The lowest BCUT2D eigenvalue weighted by Gasteiger charge is -2.38. The number of aromatic nitrogens is 2. The van der Waals surface area contributed by atoms with Crippen molar-refractivity contribution >= 4 is 5.97 Å². The Bertz CT molecular complexity index is 457. The Morgan fingerprint density at radius 1 is 1.50 bits per heavy atom. The van der Waals surface area contributed by atoms with Crippen molar-refractivity contribution in [3.63, 3.8) is 0 Å². The Balaban J connectivity index is 2.01. The summed E-state index contributed by atoms with van der Waals surface area (Å²) >= 11 is 0. The Kier molecular flexibility index (Phi) is 4.51. The fourth-order valence-electron chi connectivity index (χ4n) is 3.44. The standard InChI is InChI=1S/C16H26N2O2/c1-12(2)13-4-8-16(9-5-13,15(19)20)10-6-14-7-11-17-18(14)3/h7,11-13H,4-6,8-10H2,1-3H3,(H,19,20). The molecule has 1 aromatic rings. The summed E-state index contributed by atoms with van der Waals surface area (Å²) in [5.41, 5.74) is 0.604. The Morgan fingerprint density at radius 2 is 2.15 bits per heavy atom. The van der Waals surface area contributed by atoms with Crippen LogP contribution in [0.3, 0.4) is 0 Å². The minimum Gasteiger partial charge on any atom is -0.481 e. The van der Waals surface area contributed by atoms with E-state index < -0.39 is 11.4 Å². The van der Waals surface area contributed by atoms with E-state index in [4.69, 9.17) is 0 Å². The fraction of sp³-hybridized carbons (Fsp3) is 0.750. The van der Waals surface area contributed by atoms with Gasteiger partial charge in [0, 0.05) is 18.9 Å². The normalized spacial score (nSPS) is 26.9. The molecule has 0 bridgehead atoms. The van der Waals surface area contributed by atoms with Gasteiger partial charge in [-0.1, -0.05) is 13.8 Å². The van der Waals surface area contributed by atoms with Gasteiger partial charge in [-0.25, -0.2) is 0 Å². The first kappa shape index (κ1) is 15.1. The molecule has 0 aromatic carbocycles. The van der Waals surface area contributed by atoms with Crippen LogP contribution in [0.4, 0.5) is 0 Å². The van der Waals surface area contributed by atoms with E-state index >= 15 is 0 Å². The maximum absolute atomic E-state index is 11.8. The van der Waals surface area contributed by atoms with Gasteiger partial charge in [0.1, 0.15) is 0 Å². The van der Waals surface area contributed by atoms with Gasteiger partial charge in [-0.3, -0.25) is 9.48 Å². The summed E-state index contributed by atoms with van der Waals surface area (Å²) in [6.07, 6.45) is 7.05. The van der Waals surface area contributed by atoms with Crippen molar-refractivity contribution < 1.29 is 9.90 Å². The molecule has 1 aliphatic rings. The third kappa shape index (κ3) is 3.05. The summed E-state index contributed by atoms with van der Waals surface area (Å²) in [4.78, 5) is 11.8. The molecule has 0 atom stereocenters.